The van der Waals surface area contributed by atoms with E-state index in [1.54, 1.807) is 0 Å². The molecule has 0 radical (unpaired) electrons. The van der Waals surface area contributed by atoms with Crippen LogP contribution >= 0.6 is 7.82 Å². The van der Waals surface area contributed by atoms with E-state index in [4.69, 9.17) is 0 Å². The molecule has 0 aromatic rings. The molecule has 0 aromatic carbocycles. The molecule has 0 aliphatic rings. The molecule has 0 saturated heterocycles. The number of phosphoric ester groups is 1. The molecule has 0 saturated carbocycles. The predicted octanol–water partition coefficient (Wildman–Crippen LogP) is 4.43. The summed E-state index contributed by atoms with van der Waals surface area (Å²) in [5.41, 5.74) is 0. The van der Waals surface area contributed by atoms with Crippen molar-refractivity contribution in [2.75, 3.05) is 13.7 Å². The van der Waals surface area contributed by atoms with Gasteiger partial charge in [0.05, 0.1) is 6.61 Å². The smallest absolute Gasteiger partial charge is 0.267 e. The molecule has 0 aliphatic carbocycles. The average molecular weight is 293 g/mol. The van der Waals surface area contributed by atoms with E-state index < -0.39 is 7.82 Å². The third-order valence-corrected chi connectivity index (χ3v) is 4.17. The van der Waals surface area contributed by atoms with E-state index in [9.17, 15) is 9.46 Å². The van der Waals surface area contributed by atoms with Gasteiger partial charge in [-0.25, -0.2) is 0 Å². The van der Waals surface area contributed by atoms with E-state index in [2.05, 4.69) is 16.0 Å². The standard InChI is InChI=1S/C14H31O4P/c1-3-4-5-6-7-8-9-10-11-12-13-14-18-19(15,16)17-2/h3-14H2,1-2H3,(H,15,16)/p-1. The number of unbranched alkanes of at least 4 members (excludes halogenated alkanes) is 10. The highest BCUT2D eigenvalue weighted by Crippen LogP contribution is 2.36. The predicted molar refractivity (Wildman–Crippen MR) is 77.0 cm³/mol. The van der Waals surface area contributed by atoms with Gasteiger partial charge in [-0.05, 0) is 6.42 Å². The lowest BCUT2D eigenvalue weighted by Crippen LogP contribution is -2.06. The lowest BCUT2D eigenvalue weighted by Gasteiger charge is -2.19. The number of rotatable bonds is 14. The van der Waals surface area contributed by atoms with Crippen molar-refractivity contribution in [3.05, 3.63) is 0 Å². The minimum absolute atomic E-state index is 0.242. The summed E-state index contributed by atoms with van der Waals surface area (Å²) in [6.45, 7) is 2.48. The van der Waals surface area contributed by atoms with Gasteiger partial charge in [0.25, 0.3) is 7.82 Å². The summed E-state index contributed by atoms with van der Waals surface area (Å²) >= 11 is 0. The van der Waals surface area contributed by atoms with Gasteiger partial charge in [0.2, 0.25) is 0 Å². The van der Waals surface area contributed by atoms with Gasteiger partial charge in [-0.3, -0.25) is 4.57 Å². The maximum absolute atomic E-state index is 10.9. The number of phosphoric acid groups is 1. The largest absolute Gasteiger partial charge is 0.756 e. The van der Waals surface area contributed by atoms with Gasteiger partial charge in [-0.15, -0.1) is 0 Å². The molecule has 0 rings (SSSR count). The Balaban J connectivity index is 3.09. The fraction of sp³-hybridized carbons (Fsp3) is 1.00. The van der Waals surface area contributed by atoms with Crippen LogP contribution in [-0.2, 0) is 13.6 Å². The highest BCUT2D eigenvalue weighted by atomic mass is 31.2. The third kappa shape index (κ3) is 14.3. The van der Waals surface area contributed by atoms with Crippen LogP contribution in [0.3, 0.4) is 0 Å². The Bertz CT molecular complexity index is 233. The summed E-state index contributed by atoms with van der Waals surface area (Å²) in [6, 6.07) is 0. The Morgan fingerprint density at radius 3 is 1.68 bits per heavy atom. The Morgan fingerprint density at radius 1 is 0.842 bits per heavy atom. The van der Waals surface area contributed by atoms with Crippen LogP contribution in [0.15, 0.2) is 0 Å². The van der Waals surface area contributed by atoms with Gasteiger partial charge in [-0.2, -0.15) is 0 Å². The Labute approximate surface area is 118 Å². The zero-order chi connectivity index (χ0) is 14.4. The summed E-state index contributed by atoms with van der Waals surface area (Å²) in [7, 11) is -2.88. The van der Waals surface area contributed by atoms with Crippen molar-refractivity contribution < 1.29 is 18.5 Å². The van der Waals surface area contributed by atoms with Gasteiger partial charge < -0.3 is 13.9 Å². The van der Waals surface area contributed by atoms with Gasteiger partial charge in [0.1, 0.15) is 0 Å². The van der Waals surface area contributed by atoms with E-state index in [0.717, 1.165) is 26.4 Å². The lowest BCUT2D eigenvalue weighted by molar-refractivity contribution is -0.223. The van der Waals surface area contributed by atoms with Gasteiger partial charge in [0, 0.05) is 7.11 Å². The Morgan fingerprint density at radius 2 is 1.26 bits per heavy atom. The Hall–Kier alpha value is 0.110. The van der Waals surface area contributed by atoms with Crippen LogP contribution in [0.5, 0.6) is 0 Å². The van der Waals surface area contributed by atoms with Crippen molar-refractivity contribution in [2.24, 2.45) is 0 Å². The van der Waals surface area contributed by atoms with Crippen molar-refractivity contribution in [3.8, 4) is 0 Å². The quantitative estimate of drug-likeness (QED) is 0.351. The molecule has 0 heterocycles. The molecule has 116 valence electrons. The van der Waals surface area contributed by atoms with Crippen molar-refractivity contribution in [1.82, 2.24) is 0 Å². The van der Waals surface area contributed by atoms with Crippen molar-refractivity contribution >= 4 is 7.82 Å². The van der Waals surface area contributed by atoms with Crippen molar-refractivity contribution in [2.45, 2.75) is 77.6 Å². The highest BCUT2D eigenvalue weighted by molar-refractivity contribution is 7.45. The molecule has 0 aliphatic heterocycles. The zero-order valence-corrected chi connectivity index (χ0v) is 13.5. The molecule has 0 N–H and O–H groups in total. The van der Waals surface area contributed by atoms with Gasteiger partial charge in [-0.1, -0.05) is 71.1 Å². The first kappa shape index (κ1) is 19.1. The van der Waals surface area contributed by atoms with Gasteiger partial charge in [0.15, 0.2) is 0 Å². The maximum atomic E-state index is 10.9. The summed E-state index contributed by atoms with van der Waals surface area (Å²) in [5, 5.41) is 0. The molecular weight excluding hydrogens is 263 g/mol. The average Bonchev–Trinajstić information content (AvgIpc) is 2.40. The van der Waals surface area contributed by atoms with E-state index in [1.165, 1.54) is 51.4 Å². The number of hydrogen-bond acceptors (Lipinski definition) is 4. The fourth-order valence-electron chi connectivity index (χ4n) is 2.00. The zero-order valence-electron chi connectivity index (χ0n) is 12.6. The third-order valence-electron chi connectivity index (χ3n) is 3.22. The SMILES string of the molecule is CCCCCCCCCCCCCOP(=O)([O-])OC. The molecule has 1 atom stereocenters. The minimum Gasteiger partial charge on any atom is -0.756 e. The first-order chi connectivity index (χ1) is 9.12. The topological polar surface area (TPSA) is 58.6 Å². The Kier molecular flexibility index (Phi) is 13.2. The van der Waals surface area contributed by atoms with E-state index >= 15 is 0 Å². The van der Waals surface area contributed by atoms with Crippen LogP contribution in [0.4, 0.5) is 0 Å². The van der Waals surface area contributed by atoms with Crippen LogP contribution in [0.25, 0.3) is 0 Å². The molecule has 0 fully saturated rings. The molecule has 0 bridgehead atoms. The first-order valence-electron chi connectivity index (χ1n) is 7.63. The lowest BCUT2D eigenvalue weighted by atomic mass is 10.1. The molecule has 19 heavy (non-hydrogen) atoms. The normalized spacial score (nSPS) is 14.5. The molecule has 0 aromatic heterocycles. The second kappa shape index (κ2) is 13.1. The minimum atomic E-state index is -4.00. The van der Waals surface area contributed by atoms with E-state index in [1.807, 2.05) is 0 Å². The van der Waals surface area contributed by atoms with Crippen molar-refractivity contribution in [1.29, 1.82) is 0 Å². The van der Waals surface area contributed by atoms with Gasteiger partial charge >= 0.3 is 0 Å². The second-order valence-corrected chi connectivity index (χ2v) is 6.52. The molecule has 0 spiro atoms. The summed E-state index contributed by atoms with van der Waals surface area (Å²) < 4.78 is 19.7. The molecule has 1 unspecified atom stereocenters. The van der Waals surface area contributed by atoms with E-state index in [-0.39, 0.29) is 6.61 Å². The monoisotopic (exact) mass is 293 g/mol. The molecule has 5 heteroatoms. The van der Waals surface area contributed by atoms with Crippen LogP contribution in [0, 0.1) is 0 Å². The number of hydrogen-bond donors (Lipinski definition) is 0. The van der Waals surface area contributed by atoms with Crippen LogP contribution < -0.4 is 4.89 Å². The molecule has 4 nitrogen and oxygen atoms in total. The second-order valence-electron chi connectivity index (χ2n) is 5.00. The summed E-state index contributed by atoms with van der Waals surface area (Å²) in [5.74, 6) is 0. The van der Waals surface area contributed by atoms with Crippen LogP contribution in [-0.4, -0.2) is 13.7 Å². The maximum Gasteiger partial charge on any atom is 0.267 e. The molecular formula is C14H30O4P-. The first-order valence-corrected chi connectivity index (χ1v) is 9.09. The summed E-state index contributed by atoms with van der Waals surface area (Å²) in [6.07, 6.45) is 13.6. The highest BCUT2D eigenvalue weighted by Gasteiger charge is 2.04. The van der Waals surface area contributed by atoms with Crippen LogP contribution in [0.1, 0.15) is 77.6 Å². The van der Waals surface area contributed by atoms with E-state index in [0.29, 0.717) is 0 Å². The van der Waals surface area contributed by atoms with Crippen molar-refractivity contribution in [3.63, 3.8) is 0 Å². The fourth-order valence-corrected chi connectivity index (χ4v) is 2.45. The summed E-state index contributed by atoms with van der Waals surface area (Å²) in [4.78, 5) is 10.9. The van der Waals surface area contributed by atoms with Crippen LogP contribution in [0.2, 0.25) is 0 Å². The molecule has 0 amide bonds.